The van der Waals surface area contributed by atoms with E-state index < -0.39 is 0 Å². The van der Waals surface area contributed by atoms with Gasteiger partial charge in [-0.15, -0.1) is 0 Å². The molecular weight excluding hydrogens is 314 g/mol. The largest absolute Gasteiger partial charge is 0.508 e. The molecular formula is C20H25N3O2. The van der Waals surface area contributed by atoms with Crippen LogP contribution in [0.2, 0.25) is 0 Å². The average molecular weight is 339 g/mol. The van der Waals surface area contributed by atoms with Crippen molar-refractivity contribution in [3.05, 3.63) is 47.0 Å². The van der Waals surface area contributed by atoms with E-state index in [1.165, 1.54) is 49.4 Å². The van der Waals surface area contributed by atoms with Gasteiger partial charge in [0.25, 0.3) is 0 Å². The molecule has 1 aromatic carbocycles. The highest BCUT2D eigenvalue weighted by Crippen LogP contribution is 2.32. The third-order valence-electron chi connectivity index (χ3n) is 5.46. The Hall–Kier alpha value is -2.14. The number of phenolic OH excluding ortho intramolecular Hbond substituents is 2. The number of nitrogens with zero attached hydrogens (tertiary/aromatic N) is 3. The smallest absolute Gasteiger partial charge is 0.131 e. The van der Waals surface area contributed by atoms with Crippen molar-refractivity contribution in [2.24, 2.45) is 0 Å². The van der Waals surface area contributed by atoms with E-state index in [0.717, 1.165) is 30.9 Å². The van der Waals surface area contributed by atoms with Gasteiger partial charge in [-0.1, -0.05) is 25.3 Å². The summed E-state index contributed by atoms with van der Waals surface area (Å²) in [6.07, 6.45) is 9.34. The molecule has 1 saturated carbocycles. The highest BCUT2D eigenvalue weighted by Gasteiger charge is 2.23. The van der Waals surface area contributed by atoms with Crippen LogP contribution in [0.25, 0.3) is 0 Å². The average Bonchev–Trinajstić information content (AvgIpc) is 2.64. The minimum absolute atomic E-state index is 0.0916. The Kier molecular flexibility index (Phi) is 4.57. The lowest BCUT2D eigenvalue weighted by Crippen LogP contribution is -2.31. The predicted molar refractivity (Wildman–Crippen MR) is 95.4 cm³/mol. The second kappa shape index (κ2) is 7.00. The molecule has 1 aromatic heterocycles. The lowest BCUT2D eigenvalue weighted by Gasteiger charge is -2.29. The van der Waals surface area contributed by atoms with Crippen molar-refractivity contribution >= 4 is 0 Å². The van der Waals surface area contributed by atoms with Gasteiger partial charge in [-0.05, 0) is 18.9 Å². The van der Waals surface area contributed by atoms with E-state index in [9.17, 15) is 10.2 Å². The molecule has 0 spiro atoms. The van der Waals surface area contributed by atoms with Crippen molar-refractivity contribution < 1.29 is 10.2 Å². The molecule has 2 N–H and O–H groups in total. The third-order valence-corrected chi connectivity index (χ3v) is 5.46. The molecule has 1 aliphatic heterocycles. The Labute approximate surface area is 148 Å². The Morgan fingerprint density at radius 2 is 1.96 bits per heavy atom. The fraction of sp³-hybridized carbons (Fsp3) is 0.500. The quantitative estimate of drug-likeness (QED) is 0.896. The Balaban J connectivity index is 1.46. The molecule has 1 aliphatic carbocycles. The van der Waals surface area contributed by atoms with Crippen LogP contribution >= 0.6 is 0 Å². The molecule has 0 atom stereocenters. The van der Waals surface area contributed by atoms with E-state index in [0.29, 0.717) is 12.5 Å². The normalized spacial score (nSPS) is 18.9. The Morgan fingerprint density at radius 1 is 1.12 bits per heavy atom. The van der Waals surface area contributed by atoms with Crippen LogP contribution in [-0.4, -0.2) is 31.6 Å². The second-order valence-electron chi connectivity index (χ2n) is 7.31. The first-order valence-corrected chi connectivity index (χ1v) is 9.27. The van der Waals surface area contributed by atoms with Gasteiger partial charge in [-0.25, -0.2) is 9.97 Å². The van der Waals surface area contributed by atoms with Gasteiger partial charge in [0.05, 0.1) is 0 Å². The molecule has 0 saturated heterocycles. The second-order valence-corrected chi connectivity index (χ2v) is 7.31. The van der Waals surface area contributed by atoms with E-state index in [4.69, 9.17) is 4.98 Å². The predicted octanol–water partition coefficient (Wildman–Crippen LogP) is 3.49. The van der Waals surface area contributed by atoms with Gasteiger partial charge >= 0.3 is 0 Å². The van der Waals surface area contributed by atoms with Crippen molar-refractivity contribution in [1.29, 1.82) is 0 Å². The molecule has 25 heavy (non-hydrogen) atoms. The molecule has 2 aromatic rings. The van der Waals surface area contributed by atoms with Crippen LogP contribution < -0.4 is 0 Å². The zero-order valence-corrected chi connectivity index (χ0v) is 14.5. The molecule has 2 aliphatic rings. The van der Waals surface area contributed by atoms with Crippen LogP contribution in [0, 0.1) is 0 Å². The molecule has 0 bridgehead atoms. The fourth-order valence-electron chi connectivity index (χ4n) is 4.01. The van der Waals surface area contributed by atoms with E-state index in [1.807, 2.05) is 6.20 Å². The number of aromatic hydroxyl groups is 2. The summed E-state index contributed by atoms with van der Waals surface area (Å²) in [7, 11) is 0. The summed E-state index contributed by atoms with van der Waals surface area (Å²) in [5.41, 5.74) is 3.23. The number of benzene rings is 1. The van der Waals surface area contributed by atoms with Crippen LogP contribution in [0.1, 0.15) is 60.7 Å². The summed E-state index contributed by atoms with van der Waals surface area (Å²) in [6.45, 7) is 2.39. The van der Waals surface area contributed by atoms with Gasteiger partial charge in [0, 0.05) is 61.1 Å². The van der Waals surface area contributed by atoms with Crippen LogP contribution in [-0.2, 0) is 19.5 Å². The van der Waals surface area contributed by atoms with E-state index in [-0.39, 0.29) is 11.5 Å². The molecule has 132 valence electrons. The number of aromatic nitrogens is 2. The first-order chi connectivity index (χ1) is 12.2. The first kappa shape index (κ1) is 16.3. The Bertz CT molecular complexity index is 757. The molecule has 2 heterocycles. The maximum absolute atomic E-state index is 9.99. The molecule has 0 amide bonds. The summed E-state index contributed by atoms with van der Waals surface area (Å²) in [5.74, 6) is 1.83. The number of hydrogen-bond acceptors (Lipinski definition) is 5. The molecule has 5 nitrogen and oxygen atoms in total. The summed E-state index contributed by atoms with van der Waals surface area (Å²) in [6, 6.07) is 4.79. The van der Waals surface area contributed by atoms with E-state index in [1.54, 1.807) is 12.1 Å². The molecule has 4 rings (SSSR count). The number of hydrogen-bond donors (Lipinski definition) is 2. The minimum Gasteiger partial charge on any atom is -0.508 e. The topological polar surface area (TPSA) is 69.5 Å². The summed E-state index contributed by atoms with van der Waals surface area (Å²) >= 11 is 0. The maximum atomic E-state index is 9.99. The highest BCUT2D eigenvalue weighted by atomic mass is 16.3. The lowest BCUT2D eigenvalue weighted by atomic mass is 9.88. The number of rotatable bonds is 3. The van der Waals surface area contributed by atoms with Crippen molar-refractivity contribution in [1.82, 2.24) is 14.9 Å². The Morgan fingerprint density at radius 3 is 2.76 bits per heavy atom. The monoisotopic (exact) mass is 339 g/mol. The summed E-state index contributed by atoms with van der Waals surface area (Å²) in [5, 5.41) is 19.4. The molecule has 0 radical (unpaired) electrons. The lowest BCUT2D eigenvalue weighted by molar-refractivity contribution is 0.239. The zero-order valence-electron chi connectivity index (χ0n) is 14.5. The van der Waals surface area contributed by atoms with Gasteiger partial charge in [0.2, 0.25) is 0 Å². The third kappa shape index (κ3) is 3.61. The van der Waals surface area contributed by atoms with Crippen molar-refractivity contribution in [3.8, 4) is 11.5 Å². The van der Waals surface area contributed by atoms with Crippen molar-refractivity contribution in [2.45, 2.75) is 57.5 Å². The van der Waals surface area contributed by atoms with E-state index >= 15 is 0 Å². The summed E-state index contributed by atoms with van der Waals surface area (Å²) < 4.78 is 0. The molecule has 1 fully saturated rings. The van der Waals surface area contributed by atoms with Gasteiger partial charge in [0.1, 0.15) is 17.3 Å². The van der Waals surface area contributed by atoms with Gasteiger partial charge in [-0.3, -0.25) is 4.90 Å². The zero-order chi connectivity index (χ0) is 17.2. The van der Waals surface area contributed by atoms with Gasteiger partial charge in [0.15, 0.2) is 0 Å². The van der Waals surface area contributed by atoms with Crippen molar-refractivity contribution in [3.63, 3.8) is 0 Å². The van der Waals surface area contributed by atoms with Crippen molar-refractivity contribution in [2.75, 3.05) is 6.54 Å². The molecule has 5 heteroatoms. The van der Waals surface area contributed by atoms with Crippen LogP contribution in [0.5, 0.6) is 11.5 Å². The molecule has 0 unspecified atom stereocenters. The SMILES string of the molecule is Oc1ccc(CN2CCc3nc(C4CCCCC4)ncc3C2)c(O)c1. The maximum Gasteiger partial charge on any atom is 0.131 e. The fourth-order valence-corrected chi connectivity index (χ4v) is 4.01. The standard InChI is InChI=1S/C20H25N3O2/c24-17-7-6-15(19(25)10-17)12-23-9-8-18-16(13-23)11-21-20(22-18)14-4-2-1-3-5-14/h6-7,10-11,14,24-25H,1-5,8-9,12-13H2. The van der Waals surface area contributed by atoms with Gasteiger partial charge < -0.3 is 10.2 Å². The summed E-state index contributed by atoms with van der Waals surface area (Å²) in [4.78, 5) is 11.8. The van der Waals surface area contributed by atoms with E-state index in [2.05, 4.69) is 9.88 Å². The van der Waals surface area contributed by atoms with Gasteiger partial charge in [-0.2, -0.15) is 0 Å². The number of phenols is 2. The minimum atomic E-state index is 0.0916. The number of fused-ring (bicyclic) bond motifs is 1. The van der Waals surface area contributed by atoms with Crippen LogP contribution in [0.4, 0.5) is 0 Å². The highest BCUT2D eigenvalue weighted by molar-refractivity contribution is 5.39. The van der Waals surface area contributed by atoms with Crippen LogP contribution in [0.15, 0.2) is 24.4 Å². The van der Waals surface area contributed by atoms with Crippen LogP contribution in [0.3, 0.4) is 0 Å². The first-order valence-electron chi connectivity index (χ1n) is 9.27.